The summed E-state index contributed by atoms with van der Waals surface area (Å²) in [4.78, 5) is 30.6. The highest BCUT2D eigenvalue weighted by Gasteiger charge is 2.20. The number of carbonyl (C=O) groups excluding carboxylic acids is 1. The van der Waals surface area contributed by atoms with E-state index in [1.165, 1.54) is 16.5 Å². The van der Waals surface area contributed by atoms with E-state index in [1.807, 2.05) is 38.1 Å². The third-order valence-electron chi connectivity index (χ3n) is 5.90. The predicted octanol–water partition coefficient (Wildman–Crippen LogP) is 4.54. The van der Waals surface area contributed by atoms with Gasteiger partial charge in [0.15, 0.2) is 0 Å². The molecule has 5 rings (SSSR count). The Morgan fingerprint density at radius 3 is 2.66 bits per heavy atom. The largest absolute Gasteiger partial charge is 0.436 e. The molecule has 9 heteroatoms. The summed E-state index contributed by atoms with van der Waals surface area (Å²) in [6.45, 7) is 5.30. The summed E-state index contributed by atoms with van der Waals surface area (Å²) in [7, 11) is 0. The molecule has 0 aliphatic rings. The van der Waals surface area contributed by atoms with Crippen LogP contribution < -0.4 is 15.7 Å². The first kappa shape index (κ1) is 22.3. The fraction of sp³-hybridized carbons (Fsp3) is 0.154. The van der Waals surface area contributed by atoms with E-state index in [0.29, 0.717) is 28.0 Å². The summed E-state index contributed by atoms with van der Waals surface area (Å²) in [6, 6.07) is 16.9. The number of fused-ring (bicyclic) bond motifs is 3. The number of hydrogen-bond acceptors (Lipinski definition) is 5. The van der Waals surface area contributed by atoms with Gasteiger partial charge in [-0.25, -0.2) is 23.3 Å². The molecule has 0 aliphatic carbocycles. The van der Waals surface area contributed by atoms with E-state index in [-0.39, 0.29) is 18.1 Å². The van der Waals surface area contributed by atoms with Crippen molar-refractivity contribution in [2.24, 2.45) is 0 Å². The molecule has 176 valence electrons. The molecule has 35 heavy (non-hydrogen) atoms. The topological polar surface area (TPSA) is 90.5 Å². The highest BCUT2D eigenvalue weighted by Crippen LogP contribution is 2.29. The Morgan fingerprint density at radius 2 is 1.83 bits per heavy atom. The van der Waals surface area contributed by atoms with Crippen molar-refractivity contribution in [2.75, 3.05) is 5.32 Å². The molecule has 0 unspecified atom stereocenters. The van der Waals surface area contributed by atoms with Crippen LogP contribution in [-0.2, 0) is 11.3 Å². The van der Waals surface area contributed by atoms with Gasteiger partial charge in [-0.2, -0.15) is 0 Å². The lowest BCUT2D eigenvalue weighted by atomic mass is 10.1. The fourth-order valence-corrected chi connectivity index (χ4v) is 3.84. The number of nitrogens with one attached hydrogen (secondary N) is 1. The molecular weight excluding hydrogens is 449 g/mol. The zero-order valence-electron chi connectivity index (χ0n) is 19.4. The normalized spacial score (nSPS) is 11.2. The lowest BCUT2D eigenvalue weighted by Crippen LogP contribution is -2.28. The number of benzene rings is 3. The molecule has 0 saturated heterocycles. The molecule has 2 heterocycles. The van der Waals surface area contributed by atoms with Crippen LogP contribution in [0.4, 0.5) is 10.1 Å². The van der Waals surface area contributed by atoms with Crippen molar-refractivity contribution < 1.29 is 13.9 Å². The molecule has 2 aromatic heterocycles. The molecule has 0 bridgehead atoms. The minimum atomic E-state index is -0.518. The summed E-state index contributed by atoms with van der Waals surface area (Å²) in [5, 5.41) is 7.02. The molecule has 0 spiro atoms. The van der Waals surface area contributed by atoms with E-state index >= 15 is 0 Å². The number of ether oxygens (including phenoxy) is 1. The van der Waals surface area contributed by atoms with Gasteiger partial charge >= 0.3 is 5.69 Å². The monoisotopic (exact) mass is 471 g/mol. The van der Waals surface area contributed by atoms with Crippen LogP contribution in [0.5, 0.6) is 11.6 Å². The lowest BCUT2D eigenvalue weighted by Gasteiger charge is -2.11. The lowest BCUT2D eigenvalue weighted by molar-refractivity contribution is -0.117. The molecule has 0 radical (unpaired) electrons. The average Bonchev–Trinajstić information content (AvgIpc) is 3.15. The molecule has 1 N–H and O–H groups in total. The molecule has 5 aromatic rings. The molecule has 3 aromatic carbocycles. The third kappa shape index (κ3) is 4.12. The molecule has 0 fully saturated rings. The second-order valence-electron chi connectivity index (χ2n) is 8.31. The van der Waals surface area contributed by atoms with Gasteiger partial charge in [-0.3, -0.25) is 4.79 Å². The number of para-hydroxylation sites is 2. The van der Waals surface area contributed by atoms with Crippen molar-refractivity contribution in [1.29, 1.82) is 0 Å². The average molecular weight is 471 g/mol. The van der Waals surface area contributed by atoms with E-state index in [4.69, 9.17) is 4.74 Å². The summed E-state index contributed by atoms with van der Waals surface area (Å²) >= 11 is 0. The zero-order chi connectivity index (χ0) is 24.7. The third-order valence-corrected chi connectivity index (χ3v) is 5.90. The Morgan fingerprint density at radius 1 is 1.03 bits per heavy atom. The maximum absolute atomic E-state index is 13.6. The van der Waals surface area contributed by atoms with Crippen LogP contribution in [0.3, 0.4) is 0 Å². The Bertz CT molecular complexity index is 1670. The first-order valence-electron chi connectivity index (χ1n) is 11.0. The van der Waals surface area contributed by atoms with Crippen molar-refractivity contribution >= 4 is 28.3 Å². The second-order valence-corrected chi connectivity index (χ2v) is 8.31. The number of nitrogens with zero attached hydrogens (tertiary/aromatic N) is 4. The first-order chi connectivity index (χ1) is 16.8. The highest BCUT2D eigenvalue weighted by atomic mass is 19.1. The van der Waals surface area contributed by atoms with Crippen molar-refractivity contribution in [2.45, 2.75) is 27.3 Å². The summed E-state index contributed by atoms with van der Waals surface area (Å²) in [5.74, 6) is -0.245. The van der Waals surface area contributed by atoms with E-state index in [0.717, 1.165) is 15.8 Å². The van der Waals surface area contributed by atoms with Crippen molar-refractivity contribution in [1.82, 2.24) is 19.2 Å². The molecule has 0 saturated carbocycles. The fourth-order valence-electron chi connectivity index (χ4n) is 3.84. The number of amides is 1. The zero-order valence-corrected chi connectivity index (χ0v) is 19.4. The molecule has 1 amide bonds. The number of carbonyl (C=O) groups is 1. The van der Waals surface area contributed by atoms with Gasteiger partial charge in [-0.15, -0.1) is 5.10 Å². The SMILES string of the molecule is Cc1ccc(F)cc1NC(=O)Cn1nc2c(Oc3cccc(C)c3C)nc3ccccc3n2c1=O. The van der Waals surface area contributed by atoms with Crippen molar-refractivity contribution in [3.8, 4) is 11.6 Å². The molecule has 0 aliphatic heterocycles. The van der Waals surface area contributed by atoms with Crippen molar-refractivity contribution in [3.05, 3.63) is 93.7 Å². The maximum Gasteiger partial charge on any atom is 0.351 e. The summed E-state index contributed by atoms with van der Waals surface area (Å²) < 4.78 is 22.2. The number of rotatable bonds is 5. The van der Waals surface area contributed by atoms with Gasteiger partial charge in [0, 0.05) is 5.69 Å². The minimum absolute atomic E-state index is 0.148. The Kier molecular flexibility index (Phi) is 5.52. The van der Waals surface area contributed by atoms with Crippen LogP contribution in [0.25, 0.3) is 16.7 Å². The summed E-state index contributed by atoms with van der Waals surface area (Å²) in [5.41, 5.74) is 3.76. The van der Waals surface area contributed by atoms with Crippen LogP contribution >= 0.6 is 0 Å². The first-order valence-corrected chi connectivity index (χ1v) is 11.0. The molecule has 8 nitrogen and oxygen atoms in total. The minimum Gasteiger partial charge on any atom is -0.436 e. The Balaban J connectivity index is 1.58. The van der Waals surface area contributed by atoms with Gasteiger partial charge in [0.25, 0.3) is 5.88 Å². The van der Waals surface area contributed by atoms with Gasteiger partial charge < -0.3 is 10.1 Å². The van der Waals surface area contributed by atoms with Gasteiger partial charge in [-0.05, 0) is 67.8 Å². The predicted molar refractivity (Wildman–Crippen MR) is 131 cm³/mol. The molecule has 0 atom stereocenters. The smallest absolute Gasteiger partial charge is 0.351 e. The number of aryl methyl sites for hydroxylation is 2. The highest BCUT2D eigenvalue weighted by molar-refractivity contribution is 5.91. The van der Waals surface area contributed by atoms with Crippen LogP contribution in [-0.4, -0.2) is 25.1 Å². The van der Waals surface area contributed by atoms with E-state index in [1.54, 1.807) is 31.2 Å². The van der Waals surface area contributed by atoms with Crippen LogP contribution in [0.1, 0.15) is 16.7 Å². The van der Waals surface area contributed by atoms with Gasteiger partial charge in [0.2, 0.25) is 11.6 Å². The second kappa shape index (κ2) is 8.68. The number of hydrogen-bond donors (Lipinski definition) is 1. The van der Waals surface area contributed by atoms with E-state index in [9.17, 15) is 14.0 Å². The van der Waals surface area contributed by atoms with Crippen LogP contribution in [0.15, 0.2) is 65.5 Å². The van der Waals surface area contributed by atoms with E-state index in [2.05, 4.69) is 15.4 Å². The standard InChI is InChI=1S/C26H22FN5O3/c1-15-7-6-10-22(17(15)3)35-25-24-30-31(14-23(33)28-20-13-18(27)12-11-16(20)2)26(34)32(24)21-9-5-4-8-19(21)29-25/h4-13H,14H2,1-3H3,(H,28,33). The Hall–Kier alpha value is -4.53. The van der Waals surface area contributed by atoms with Gasteiger partial charge in [-0.1, -0.05) is 30.3 Å². The van der Waals surface area contributed by atoms with E-state index < -0.39 is 17.4 Å². The maximum atomic E-state index is 13.6. The quantitative estimate of drug-likeness (QED) is 0.407. The van der Waals surface area contributed by atoms with Gasteiger partial charge in [0.1, 0.15) is 18.1 Å². The Labute approximate surface area is 199 Å². The van der Waals surface area contributed by atoms with Crippen LogP contribution in [0, 0.1) is 26.6 Å². The number of halogens is 1. The molecular formula is C26H22FN5O3. The number of aromatic nitrogens is 4. The van der Waals surface area contributed by atoms with Crippen LogP contribution in [0.2, 0.25) is 0 Å². The van der Waals surface area contributed by atoms with Gasteiger partial charge in [0.05, 0.1) is 11.0 Å². The van der Waals surface area contributed by atoms with Crippen molar-refractivity contribution in [3.63, 3.8) is 0 Å². The summed E-state index contributed by atoms with van der Waals surface area (Å²) in [6.07, 6.45) is 0. The number of anilines is 1.